The van der Waals surface area contributed by atoms with E-state index in [4.69, 9.17) is 0 Å². The van der Waals surface area contributed by atoms with E-state index in [1.165, 1.54) is 19.3 Å². The van der Waals surface area contributed by atoms with Crippen LogP contribution in [0.15, 0.2) is 5.18 Å². The van der Waals surface area contributed by atoms with Crippen molar-refractivity contribution in [2.24, 2.45) is 11.1 Å². The second kappa shape index (κ2) is 4.55. The van der Waals surface area contributed by atoms with Crippen molar-refractivity contribution < 1.29 is 0 Å². The molecule has 1 aliphatic rings. The Hall–Kier alpha value is -0.440. The molecule has 0 aromatic rings. The highest BCUT2D eigenvalue weighted by atomic mass is 16.3. The topological polar surface area (TPSA) is 32.7 Å². The second-order valence-electron chi connectivity index (χ2n) is 3.98. The Morgan fingerprint density at radius 2 is 2.00 bits per heavy atom. The fourth-order valence-corrected chi connectivity index (χ4v) is 2.01. The zero-order chi connectivity index (χ0) is 8.97. The maximum Gasteiger partial charge on any atom is 0.0960 e. The monoisotopic (exact) mass is 170 g/mol. The highest BCUT2D eigenvalue weighted by Gasteiger charge is 2.25. The standard InChI is InChI=1S/C9H18N2O/c1-11(2)7-8-5-3-4-6-9(8)10-12/h8-9H,3-7H2,1-2H3. The number of hydrogen-bond acceptors (Lipinski definition) is 3. The molecule has 0 aromatic carbocycles. The van der Waals surface area contributed by atoms with E-state index in [0.717, 1.165) is 13.0 Å². The van der Waals surface area contributed by atoms with Crippen LogP contribution in [0.5, 0.6) is 0 Å². The van der Waals surface area contributed by atoms with Gasteiger partial charge in [-0.15, -0.1) is 0 Å². The van der Waals surface area contributed by atoms with Crippen molar-refractivity contribution >= 4 is 0 Å². The van der Waals surface area contributed by atoms with E-state index in [0.29, 0.717) is 5.92 Å². The number of hydrogen-bond donors (Lipinski definition) is 0. The third-order valence-corrected chi connectivity index (χ3v) is 2.60. The SMILES string of the molecule is CN(C)CC1CCCCC1N=O. The number of nitrogens with zero attached hydrogens (tertiary/aromatic N) is 2. The van der Waals surface area contributed by atoms with Gasteiger partial charge in [-0.2, -0.15) is 4.91 Å². The highest BCUT2D eigenvalue weighted by molar-refractivity contribution is 4.81. The van der Waals surface area contributed by atoms with Gasteiger partial charge in [0.2, 0.25) is 0 Å². The Balaban J connectivity index is 2.41. The average molecular weight is 170 g/mol. The van der Waals surface area contributed by atoms with E-state index < -0.39 is 0 Å². The molecule has 2 unspecified atom stereocenters. The Morgan fingerprint density at radius 3 is 2.58 bits per heavy atom. The van der Waals surface area contributed by atoms with E-state index in [9.17, 15) is 4.91 Å². The molecule has 70 valence electrons. The summed E-state index contributed by atoms with van der Waals surface area (Å²) in [6.07, 6.45) is 4.63. The van der Waals surface area contributed by atoms with Crippen molar-refractivity contribution in [1.82, 2.24) is 4.90 Å². The van der Waals surface area contributed by atoms with Crippen molar-refractivity contribution in [3.05, 3.63) is 4.91 Å². The molecule has 3 heteroatoms. The highest BCUT2D eigenvalue weighted by Crippen LogP contribution is 2.26. The Bertz CT molecular complexity index is 147. The summed E-state index contributed by atoms with van der Waals surface area (Å²) < 4.78 is 0. The van der Waals surface area contributed by atoms with Gasteiger partial charge < -0.3 is 4.90 Å². The zero-order valence-electron chi connectivity index (χ0n) is 7.99. The minimum Gasteiger partial charge on any atom is -0.309 e. The normalized spacial score (nSPS) is 30.6. The lowest BCUT2D eigenvalue weighted by molar-refractivity contribution is 0.235. The van der Waals surface area contributed by atoms with Gasteiger partial charge >= 0.3 is 0 Å². The van der Waals surface area contributed by atoms with Gasteiger partial charge in [0.1, 0.15) is 0 Å². The van der Waals surface area contributed by atoms with Crippen molar-refractivity contribution in [1.29, 1.82) is 0 Å². The lowest BCUT2D eigenvalue weighted by atomic mass is 9.85. The molecule has 0 aromatic heterocycles. The summed E-state index contributed by atoms with van der Waals surface area (Å²) in [6, 6.07) is 0.0844. The van der Waals surface area contributed by atoms with Crippen LogP contribution < -0.4 is 0 Å². The minimum absolute atomic E-state index is 0.0844. The Labute approximate surface area is 74.1 Å². The summed E-state index contributed by atoms with van der Waals surface area (Å²) in [5.41, 5.74) is 0. The van der Waals surface area contributed by atoms with Gasteiger partial charge in [-0.1, -0.05) is 18.0 Å². The van der Waals surface area contributed by atoms with Crippen LogP contribution >= 0.6 is 0 Å². The molecule has 0 radical (unpaired) electrons. The predicted molar refractivity (Wildman–Crippen MR) is 50.1 cm³/mol. The molecule has 1 saturated carbocycles. The smallest absolute Gasteiger partial charge is 0.0960 e. The maximum atomic E-state index is 10.5. The van der Waals surface area contributed by atoms with Crippen molar-refractivity contribution in [2.45, 2.75) is 31.7 Å². The molecule has 0 aliphatic heterocycles. The molecular formula is C9H18N2O. The molecule has 1 fully saturated rings. The summed E-state index contributed by atoms with van der Waals surface area (Å²) in [6.45, 7) is 1.01. The first-order valence-corrected chi connectivity index (χ1v) is 4.71. The molecular weight excluding hydrogens is 152 g/mol. The Morgan fingerprint density at radius 1 is 1.33 bits per heavy atom. The van der Waals surface area contributed by atoms with Crippen LogP contribution in [-0.4, -0.2) is 31.6 Å². The summed E-state index contributed by atoms with van der Waals surface area (Å²) in [4.78, 5) is 12.6. The van der Waals surface area contributed by atoms with Gasteiger partial charge in [0.05, 0.1) is 6.04 Å². The lowest BCUT2D eigenvalue weighted by Gasteiger charge is -2.28. The second-order valence-corrected chi connectivity index (χ2v) is 3.98. The van der Waals surface area contributed by atoms with E-state index in [2.05, 4.69) is 24.2 Å². The van der Waals surface area contributed by atoms with Crippen LogP contribution in [0.25, 0.3) is 0 Å². The molecule has 0 saturated heterocycles. The van der Waals surface area contributed by atoms with Crippen molar-refractivity contribution in [3.8, 4) is 0 Å². The molecule has 3 nitrogen and oxygen atoms in total. The van der Waals surface area contributed by atoms with Gasteiger partial charge in [0, 0.05) is 6.54 Å². The molecule has 0 amide bonds. The summed E-state index contributed by atoms with van der Waals surface area (Å²) in [5, 5.41) is 3.21. The van der Waals surface area contributed by atoms with Gasteiger partial charge in [-0.3, -0.25) is 0 Å². The predicted octanol–water partition coefficient (Wildman–Crippen LogP) is 1.87. The molecule has 12 heavy (non-hydrogen) atoms. The quantitative estimate of drug-likeness (QED) is 0.606. The van der Waals surface area contributed by atoms with Crippen LogP contribution in [0.4, 0.5) is 0 Å². The molecule has 0 N–H and O–H groups in total. The minimum atomic E-state index is 0.0844. The first-order chi connectivity index (χ1) is 5.74. The van der Waals surface area contributed by atoms with Crippen molar-refractivity contribution in [3.63, 3.8) is 0 Å². The fraction of sp³-hybridized carbons (Fsp3) is 1.00. The first kappa shape index (κ1) is 9.65. The fourth-order valence-electron chi connectivity index (χ4n) is 2.01. The van der Waals surface area contributed by atoms with Crippen LogP contribution in [0.1, 0.15) is 25.7 Å². The summed E-state index contributed by atoms with van der Waals surface area (Å²) in [5.74, 6) is 0.506. The molecule has 0 spiro atoms. The molecule has 1 aliphatic carbocycles. The molecule has 2 atom stereocenters. The van der Waals surface area contributed by atoms with E-state index in [-0.39, 0.29) is 6.04 Å². The number of nitroso groups, excluding NO2 is 1. The Kier molecular flexibility index (Phi) is 3.66. The van der Waals surface area contributed by atoms with Gasteiger partial charge in [0.15, 0.2) is 0 Å². The number of rotatable bonds is 3. The van der Waals surface area contributed by atoms with E-state index >= 15 is 0 Å². The van der Waals surface area contributed by atoms with Gasteiger partial charge in [0.25, 0.3) is 0 Å². The molecule has 0 bridgehead atoms. The van der Waals surface area contributed by atoms with E-state index in [1.807, 2.05) is 0 Å². The summed E-state index contributed by atoms with van der Waals surface area (Å²) in [7, 11) is 4.10. The first-order valence-electron chi connectivity index (χ1n) is 4.71. The van der Waals surface area contributed by atoms with Gasteiger partial charge in [-0.25, -0.2) is 0 Å². The van der Waals surface area contributed by atoms with E-state index in [1.54, 1.807) is 0 Å². The molecule has 1 rings (SSSR count). The molecule has 0 heterocycles. The van der Waals surface area contributed by atoms with Crippen LogP contribution in [0.2, 0.25) is 0 Å². The lowest BCUT2D eigenvalue weighted by Crippen LogP contribution is -2.32. The maximum absolute atomic E-state index is 10.5. The zero-order valence-corrected chi connectivity index (χ0v) is 7.99. The van der Waals surface area contributed by atoms with Crippen LogP contribution in [-0.2, 0) is 0 Å². The van der Waals surface area contributed by atoms with Gasteiger partial charge in [-0.05, 0) is 32.9 Å². The average Bonchev–Trinajstić information content (AvgIpc) is 2.04. The van der Waals surface area contributed by atoms with Crippen LogP contribution in [0, 0.1) is 10.8 Å². The summed E-state index contributed by atoms with van der Waals surface area (Å²) >= 11 is 0. The third kappa shape index (κ3) is 2.55. The van der Waals surface area contributed by atoms with Crippen molar-refractivity contribution in [2.75, 3.05) is 20.6 Å². The largest absolute Gasteiger partial charge is 0.309 e. The van der Waals surface area contributed by atoms with Crippen LogP contribution in [0.3, 0.4) is 0 Å². The third-order valence-electron chi connectivity index (χ3n) is 2.60.